The average molecular weight is 684 g/mol. The largest absolute Gasteiger partial charge is 0.455 e. The number of furan rings is 2. The van der Waals surface area contributed by atoms with E-state index in [0.717, 1.165) is 83.2 Å². The van der Waals surface area contributed by atoms with Gasteiger partial charge in [-0.25, -0.2) is 0 Å². The number of rotatable bonds is 5. The van der Waals surface area contributed by atoms with Gasteiger partial charge in [0.05, 0.1) is 0 Å². The summed E-state index contributed by atoms with van der Waals surface area (Å²) in [5, 5.41) is 7.13. The normalized spacial score (nSPS) is 11.8. The van der Waals surface area contributed by atoms with Crippen molar-refractivity contribution >= 4 is 92.4 Å². The maximum absolute atomic E-state index is 6.40. The van der Waals surface area contributed by atoms with Crippen LogP contribution in [0.1, 0.15) is 0 Å². The second kappa shape index (κ2) is 11.5. The molecule has 244 valence electrons. The van der Waals surface area contributed by atoms with Gasteiger partial charge in [0.15, 0.2) is 0 Å². The highest BCUT2D eigenvalue weighted by atomic mass is 32.1. The van der Waals surface area contributed by atoms with Gasteiger partial charge in [-0.2, -0.15) is 0 Å². The van der Waals surface area contributed by atoms with Crippen molar-refractivity contribution in [3.8, 4) is 22.3 Å². The molecular weight excluding hydrogens is 655 g/mol. The lowest BCUT2D eigenvalue weighted by Gasteiger charge is -2.26. The van der Waals surface area contributed by atoms with Crippen LogP contribution >= 0.6 is 11.3 Å². The molecular formula is C48H29NO2S. The summed E-state index contributed by atoms with van der Waals surface area (Å²) in [4.78, 5) is 2.35. The predicted octanol–water partition coefficient (Wildman–Crippen LogP) is 14.7. The van der Waals surface area contributed by atoms with Crippen LogP contribution in [-0.4, -0.2) is 0 Å². The Bertz CT molecular complexity index is 2970. The zero-order valence-electron chi connectivity index (χ0n) is 27.9. The van der Waals surface area contributed by atoms with E-state index in [1.807, 2.05) is 35.6 Å². The number of anilines is 3. The number of benzene rings is 8. The number of nitrogens with zero attached hydrogens (tertiary/aromatic N) is 1. The fourth-order valence-corrected chi connectivity index (χ4v) is 8.97. The van der Waals surface area contributed by atoms with Crippen LogP contribution in [0.25, 0.3) is 86.3 Å². The Morgan fingerprint density at radius 1 is 0.346 bits per heavy atom. The van der Waals surface area contributed by atoms with Crippen LogP contribution in [-0.2, 0) is 0 Å². The molecule has 11 rings (SSSR count). The third kappa shape index (κ3) is 4.51. The van der Waals surface area contributed by atoms with Gasteiger partial charge in [-0.05, 0) is 65.7 Å². The average Bonchev–Trinajstić information content (AvgIpc) is 3.90. The molecule has 0 atom stereocenters. The molecule has 8 aromatic carbocycles. The monoisotopic (exact) mass is 683 g/mol. The van der Waals surface area contributed by atoms with E-state index in [1.54, 1.807) is 0 Å². The van der Waals surface area contributed by atoms with E-state index in [0.29, 0.717) is 0 Å². The molecule has 0 radical (unpaired) electrons. The summed E-state index contributed by atoms with van der Waals surface area (Å²) in [7, 11) is 0. The van der Waals surface area contributed by atoms with Crippen LogP contribution in [0.4, 0.5) is 17.1 Å². The highest BCUT2D eigenvalue weighted by Gasteiger charge is 2.18. The first-order chi connectivity index (χ1) is 25.8. The molecule has 0 amide bonds. The summed E-state index contributed by atoms with van der Waals surface area (Å²) in [5.41, 5.74) is 11.3. The van der Waals surface area contributed by atoms with Gasteiger partial charge in [0.2, 0.25) is 0 Å². The third-order valence-electron chi connectivity index (χ3n) is 10.3. The number of thiophene rings is 1. The van der Waals surface area contributed by atoms with E-state index in [-0.39, 0.29) is 0 Å². The van der Waals surface area contributed by atoms with Crippen LogP contribution < -0.4 is 4.90 Å². The second-order valence-corrected chi connectivity index (χ2v) is 14.4. The highest BCUT2D eigenvalue weighted by molar-refractivity contribution is 7.25. The number of hydrogen-bond acceptors (Lipinski definition) is 4. The van der Waals surface area contributed by atoms with Gasteiger partial charge in [-0.15, -0.1) is 11.3 Å². The minimum Gasteiger partial charge on any atom is -0.455 e. The molecule has 3 heterocycles. The summed E-state index contributed by atoms with van der Waals surface area (Å²) in [5.74, 6) is 0. The molecule has 0 aliphatic heterocycles. The van der Waals surface area contributed by atoms with Gasteiger partial charge in [0.25, 0.3) is 0 Å². The van der Waals surface area contributed by atoms with Gasteiger partial charge in [-0.3, -0.25) is 0 Å². The molecule has 0 bridgehead atoms. The third-order valence-corrected chi connectivity index (χ3v) is 11.4. The molecule has 0 saturated carbocycles. The van der Waals surface area contributed by atoms with Crippen molar-refractivity contribution in [2.75, 3.05) is 4.90 Å². The van der Waals surface area contributed by atoms with E-state index in [9.17, 15) is 0 Å². The summed E-state index contributed by atoms with van der Waals surface area (Å²) in [6.45, 7) is 0. The van der Waals surface area contributed by atoms with Crippen molar-refractivity contribution in [1.29, 1.82) is 0 Å². The first-order valence-electron chi connectivity index (χ1n) is 17.5. The van der Waals surface area contributed by atoms with Crippen LogP contribution in [0, 0.1) is 0 Å². The topological polar surface area (TPSA) is 29.5 Å². The van der Waals surface area contributed by atoms with Crippen molar-refractivity contribution in [2.24, 2.45) is 0 Å². The molecule has 0 fully saturated rings. The maximum Gasteiger partial charge on any atom is 0.143 e. The van der Waals surface area contributed by atoms with E-state index in [2.05, 4.69) is 157 Å². The highest BCUT2D eigenvalue weighted by Crippen LogP contribution is 2.43. The lowest BCUT2D eigenvalue weighted by atomic mass is 10.0. The standard InChI is InChI=1S/C48H29NO2S/c1-4-16-43-37(9-1)41-14-7-12-35(47(41)50-43)30-19-23-32(24-20-30)49(34-27-28-40-39-11-3-6-18-45(39)52-46(40)29-34)33-25-21-31(22-26-33)36-13-8-15-42-38-10-2-5-17-44(38)51-48(36)42/h1-29H. The Kier molecular flexibility index (Phi) is 6.42. The van der Waals surface area contributed by atoms with E-state index in [1.165, 1.54) is 20.2 Å². The molecule has 52 heavy (non-hydrogen) atoms. The first kappa shape index (κ1) is 29.1. The Hall–Kier alpha value is -6.62. The number of fused-ring (bicyclic) bond motifs is 9. The summed E-state index contributed by atoms with van der Waals surface area (Å²) in [6.07, 6.45) is 0. The smallest absolute Gasteiger partial charge is 0.143 e. The lowest BCUT2D eigenvalue weighted by Crippen LogP contribution is -2.09. The second-order valence-electron chi connectivity index (χ2n) is 13.3. The molecule has 0 saturated heterocycles. The SMILES string of the molecule is c1ccc2c(c1)oc1c(-c3ccc(N(c4ccc(-c5cccc6c5oc5ccccc56)cc4)c4ccc5c(c4)sc4ccccc45)cc3)cccc12. The van der Waals surface area contributed by atoms with Gasteiger partial charge in [0.1, 0.15) is 22.3 Å². The predicted molar refractivity (Wildman–Crippen MR) is 219 cm³/mol. The van der Waals surface area contributed by atoms with Crippen molar-refractivity contribution in [3.63, 3.8) is 0 Å². The van der Waals surface area contributed by atoms with E-state index < -0.39 is 0 Å². The van der Waals surface area contributed by atoms with Crippen LogP contribution in [0.5, 0.6) is 0 Å². The lowest BCUT2D eigenvalue weighted by molar-refractivity contribution is 0.669. The van der Waals surface area contributed by atoms with Crippen molar-refractivity contribution in [1.82, 2.24) is 0 Å². The minimum atomic E-state index is 0.907. The fourth-order valence-electron chi connectivity index (χ4n) is 7.83. The zero-order chi connectivity index (χ0) is 34.2. The molecule has 4 heteroatoms. The molecule has 0 unspecified atom stereocenters. The Morgan fingerprint density at radius 2 is 0.808 bits per heavy atom. The Morgan fingerprint density at radius 3 is 1.38 bits per heavy atom. The van der Waals surface area contributed by atoms with Crippen LogP contribution in [0.3, 0.4) is 0 Å². The quantitative estimate of drug-likeness (QED) is 0.181. The molecule has 3 aromatic heterocycles. The van der Waals surface area contributed by atoms with Gasteiger partial charge in [0, 0.05) is 69.9 Å². The zero-order valence-corrected chi connectivity index (χ0v) is 28.7. The van der Waals surface area contributed by atoms with Gasteiger partial charge >= 0.3 is 0 Å². The van der Waals surface area contributed by atoms with Crippen molar-refractivity contribution < 1.29 is 8.83 Å². The van der Waals surface area contributed by atoms with Crippen LogP contribution in [0.15, 0.2) is 185 Å². The molecule has 11 aromatic rings. The van der Waals surface area contributed by atoms with E-state index >= 15 is 0 Å². The number of hydrogen-bond donors (Lipinski definition) is 0. The molecule has 0 aliphatic carbocycles. The van der Waals surface area contributed by atoms with Gasteiger partial charge in [-0.1, -0.05) is 121 Å². The van der Waals surface area contributed by atoms with Crippen molar-refractivity contribution in [2.45, 2.75) is 0 Å². The van der Waals surface area contributed by atoms with Gasteiger partial charge < -0.3 is 13.7 Å². The number of para-hydroxylation sites is 4. The Balaban J connectivity index is 1.03. The van der Waals surface area contributed by atoms with Crippen LogP contribution in [0.2, 0.25) is 0 Å². The summed E-state index contributed by atoms with van der Waals surface area (Å²) in [6, 6.07) is 62.5. The first-order valence-corrected chi connectivity index (χ1v) is 18.3. The molecule has 0 spiro atoms. The maximum atomic E-state index is 6.40. The molecule has 3 nitrogen and oxygen atoms in total. The van der Waals surface area contributed by atoms with E-state index in [4.69, 9.17) is 8.83 Å². The van der Waals surface area contributed by atoms with Crippen molar-refractivity contribution in [3.05, 3.63) is 176 Å². The molecule has 0 N–H and O–H groups in total. The molecule has 0 aliphatic rings. The summed E-state index contributed by atoms with van der Waals surface area (Å²) < 4.78 is 15.4. The minimum absolute atomic E-state index is 0.907. The summed E-state index contributed by atoms with van der Waals surface area (Å²) >= 11 is 1.84. The Labute approximate surface area is 303 Å². The fraction of sp³-hybridized carbons (Fsp3) is 0.